The average Bonchev–Trinajstić information content (AvgIpc) is 2.67. The summed E-state index contributed by atoms with van der Waals surface area (Å²) < 4.78 is 0. The van der Waals surface area contributed by atoms with Crippen LogP contribution in [0.15, 0.2) is 58.5 Å². The van der Waals surface area contributed by atoms with Crippen LogP contribution in [0.3, 0.4) is 0 Å². The molecule has 2 aromatic carbocycles. The van der Waals surface area contributed by atoms with Crippen molar-refractivity contribution in [3.8, 4) is 0 Å². The molecule has 142 valence electrons. The van der Waals surface area contributed by atoms with Crippen LogP contribution in [-0.2, 0) is 10.5 Å². The number of carbonyl (C=O) groups is 1. The van der Waals surface area contributed by atoms with E-state index in [1.807, 2.05) is 42.5 Å². The summed E-state index contributed by atoms with van der Waals surface area (Å²) in [6.45, 7) is 0. The fourth-order valence-electron chi connectivity index (χ4n) is 3.20. The first kappa shape index (κ1) is 19.1. The van der Waals surface area contributed by atoms with Gasteiger partial charge in [-0.3, -0.25) is 9.59 Å². The van der Waals surface area contributed by atoms with Gasteiger partial charge in [0.1, 0.15) is 5.82 Å². The van der Waals surface area contributed by atoms with Crippen LogP contribution in [0.2, 0.25) is 10.0 Å². The Morgan fingerprint density at radius 3 is 2.50 bits per heavy atom. The van der Waals surface area contributed by atoms with Gasteiger partial charge in [0, 0.05) is 28.1 Å². The van der Waals surface area contributed by atoms with Gasteiger partial charge in [0.2, 0.25) is 5.91 Å². The molecular formula is C20H15Cl2N3O2S. The van der Waals surface area contributed by atoms with Crippen LogP contribution in [0, 0.1) is 0 Å². The second-order valence-electron chi connectivity index (χ2n) is 6.34. The predicted molar refractivity (Wildman–Crippen MR) is 112 cm³/mol. The minimum absolute atomic E-state index is 0.146. The smallest absolute Gasteiger partial charge is 0.257 e. The molecule has 3 aromatic rings. The first-order chi connectivity index (χ1) is 13.5. The molecule has 5 nitrogen and oxygen atoms in total. The van der Waals surface area contributed by atoms with Crippen LogP contribution in [0.4, 0.5) is 5.82 Å². The molecule has 0 spiro atoms. The molecule has 28 heavy (non-hydrogen) atoms. The number of hydrogen-bond acceptors (Lipinski definition) is 4. The first-order valence-corrected chi connectivity index (χ1v) is 10.3. The third-order valence-corrected chi connectivity index (χ3v) is 6.17. The van der Waals surface area contributed by atoms with E-state index < -0.39 is 5.92 Å². The molecule has 2 heterocycles. The zero-order valence-electron chi connectivity index (χ0n) is 14.5. The fraction of sp³-hybridized carbons (Fsp3) is 0.150. The number of nitrogens with one attached hydrogen (secondary N) is 2. The molecule has 0 bridgehead atoms. The number of carbonyl (C=O) groups excluding carboxylic acids is 1. The zero-order chi connectivity index (χ0) is 19.7. The highest BCUT2D eigenvalue weighted by molar-refractivity contribution is 7.98. The van der Waals surface area contributed by atoms with Crippen LogP contribution in [0.25, 0.3) is 0 Å². The van der Waals surface area contributed by atoms with E-state index in [1.54, 1.807) is 6.07 Å². The summed E-state index contributed by atoms with van der Waals surface area (Å²) in [6.07, 6.45) is 0.146. The summed E-state index contributed by atoms with van der Waals surface area (Å²) in [5.41, 5.74) is 1.82. The van der Waals surface area contributed by atoms with Gasteiger partial charge in [-0.2, -0.15) is 0 Å². The summed E-state index contributed by atoms with van der Waals surface area (Å²) >= 11 is 13.8. The highest BCUT2D eigenvalue weighted by Gasteiger charge is 2.32. The lowest BCUT2D eigenvalue weighted by atomic mass is 9.87. The van der Waals surface area contributed by atoms with Crippen LogP contribution >= 0.6 is 35.0 Å². The van der Waals surface area contributed by atoms with Crippen LogP contribution < -0.4 is 10.9 Å². The predicted octanol–water partition coefficient (Wildman–Crippen LogP) is 4.84. The minimum atomic E-state index is -0.434. The molecule has 1 amide bonds. The third-order valence-electron chi connectivity index (χ3n) is 4.53. The van der Waals surface area contributed by atoms with Crippen LogP contribution in [0.5, 0.6) is 0 Å². The molecule has 1 aliphatic rings. The van der Waals surface area contributed by atoms with Crippen molar-refractivity contribution < 1.29 is 4.79 Å². The lowest BCUT2D eigenvalue weighted by molar-refractivity contribution is -0.116. The van der Waals surface area contributed by atoms with Gasteiger partial charge in [-0.1, -0.05) is 71.4 Å². The summed E-state index contributed by atoms with van der Waals surface area (Å²) in [5, 5.41) is 4.31. The van der Waals surface area contributed by atoms with Crippen molar-refractivity contribution in [2.75, 3.05) is 5.32 Å². The van der Waals surface area contributed by atoms with E-state index in [-0.39, 0.29) is 23.7 Å². The SMILES string of the molecule is O=C1C[C@H](c2ccccc2Cl)c2c(nc(SCc3ccccc3Cl)[nH]c2=O)N1. The molecule has 1 aromatic heterocycles. The number of H-pyrrole nitrogens is 1. The number of amides is 1. The summed E-state index contributed by atoms with van der Waals surface area (Å²) in [4.78, 5) is 32.4. The summed E-state index contributed by atoms with van der Waals surface area (Å²) in [7, 11) is 0. The lowest BCUT2D eigenvalue weighted by Crippen LogP contribution is -2.31. The topological polar surface area (TPSA) is 74.8 Å². The van der Waals surface area contributed by atoms with E-state index in [9.17, 15) is 9.59 Å². The van der Waals surface area contributed by atoms with Crippen molar-refractivity contribution in [2.45, 2.75) is 23.2 Å². The lowest BCUT2D eigenvalue weighted by Gasteiger charge is -2.25. The molecule has 1 aliphatic heterocycles. The number of nitrogens with zero attached hydrogens (tertiary/aromatic N) is 1. The van der Waals surface area contributed by atoms with Gasteiger partial charge in [-0.25, -0.2) is 4.98 Å². The van der Waals surface area contributed by atoms with Gasteiger partial charge >= 0.3 is 0 Å². The maximum atomic E-state index is 12.8. The van der Waals surface area contributed by atoms with Crippen molar-refractivity contribution in [1.82, 2.24) is 9.97 Å². The maximum absolute atomic E-state index is 12.8. The Balaban J connectivity index is 1.68. The normalized spacial score (nSPS) is 15.8. The van der Waals surface area contributed by atoms with Crippen molar-refractivity contribution in [3.05, 3.63) is 85.6 Å². The molecule has 8 heteroatoms. The Bertz CT molecular complexity index is 1120. The molecule has 4 rings (SSSR count). The second kappa shape index (κ2) is 7.99. The highest BCUT2D eigenvalue weighted by atomic mass is 35.5. The molecule has 1 atom stereocenters. The third kappa shape index (κ3) is 3.81. The molecule has 0 radical (unpaired) electrons. The van der Waals surface area contributed by atoms with Gasteiger partial charge in [-0.15, -0.1) is 0 Å². The van der Waals surface area contributed by atoms with Crippen LogP contribution in [0.1, 0.15) is 29.0 Å². The number of aromatic nitrogens is 2. The minimum Gasteiger partial charge on any atom is -0.310 e. The van der Waals surface area contributed by atoms with E-state index in [1.165, 1.54) is 11.8 Å². The first-order valence-electron chi connectivity index (χ1n) is 8.57. The molecular weight excluding hydrogens is 417 g/mol. The van der Waals surface area contributed by atoms with Gasteiger partial charge in [0.05, 0.1) is 5.56 Å². The number of aromatic amines is 1. The number of thioether (sulfide) groups is 1. The summed E-state index contributed by atoms with van der Waals surface area (Å²) in [6, 6.07) is 14.7. The van der Waals surface area contributed by atoms with Gasteiger partial charge in [-0.05, 0) is 23.3 Å². The maximum Gasteiger partial charge on any atom is 0.257 e. The molecule has 0 unspecified atom stereocenters. The van der Waals surface area contributed by atoms with Crippen molar-refractivity contribution in [1.29, 1.82) is 0 Å². The monoisotopic (exact) mass is 431 g/mol. The number of rotatable bonds is 4. The quantitative estimate of drug-likeness (QED) is 0.457. The molecule has 0 saturated carbocycles. The van der Waals surface area contributed by atoms with Crippen molar-refractivity contribution in [3.63, 3.8) is 0 Å². The number of hydrogen-bond donors (Lipinski definition) is 2. The highest BCUT2D eigenvalue weighted by Crippen LogP contribution is 2.37. The van der Waals surface area contributed by atoms with Gasteiger partial charge < -0.3 is 10.3 Å². The number of fused-ring (bicyclic) bond motifs is 1. The Labute approximate surface area is 175 Å². The standard InChI is InChI=1S/C20H15Cl2N3O2S/c21-14-7-3-1-5-11(14)10-28-20-24-18-17(19(27)25-20)13(9-16(26)23-18)12-6-2-4-8-15(12)22/h1-8,13H,9-10H2,(H2,23,24,25,26,27)/t13-/m1/s1. The van der Waals surface area contributed by atoms with E-state index in [4.69, 9.17) is 23.2 Å². The van der Waals surface area contributed by atoms with E-state index in [0.29, 0.717) is 26.5 Å². The number of anilines is 1. The van der Waals surface area contributed by atoms with Crippen molar-refractivity contribution in [2.24, 2.45) is 0 Å². The largest absolute Gasteiger partial charge is 0.310 e. The Kier molecular flexibility index (Phi) is 5.44. The van der Waals surface area contributed by atoms with E-state index in [0.717, 1.165) is 11.1 Å². The van der Waals surface area contributed by atoms with E-state index >= 15 is 0 Å². The number of halogens is 2. The zero-order valence-corrected chi connectivity index (χ0v) is 16.9. The van der Waals surface area contributed by atoms with Crippen molar-refractivity contribution >= 4 is 46.7 Å². The Morgan fingerprint density at radius 2 is 1.75 bits per heavy atom. The average molecular weight is 432 g/mol. The molecule has 0 saturated heterocycles. The summed E-state index contributed by atoms with van der Waals surface area (Å²) in [5.74, 6) is 0.198. The fourth-order valence-corrected chi connectivity index (χ4v) is 4.62. The van der Waals surface area contributed by atoms with Crippen LogP contribution in [-0.4, -0.2) is 15.9 Å². The van der Waals surface area contributed by atoms with Gasteiger partial charge in [0.15, 0.2) is 5.16 Å². The number of benzene rings is 2. The molecule has 2 N–H and O–H groups in total. The Morgan fingerprint density at radius 1 is 1.04 bits per heavy atom. The molecule has 0 fully saturated rings. The van der Waals surface area contributed by atoms with E-state index in [2.05, 4.69) is 15.3 Å². The van der Waals surface area contributed by atoms with Gasteiger partial charge in [0.25, 0.3) is 5.56 Å². The molecule has 0 aliphatic carbocycles. The second-order valence-corrected chi connectivity index (χ2v) is 8.12. The Hall–Kier alpha value is -2.28.